The van der Waals surface area contributed by atoms with E-state index < -0.39 is 0 Å². The summed E-state index contributed by atoms with van der Waals surface area (Å²) in [6.07, 6.45) is 7.72. The lowest BCUT2D eigenvalue weighted by Crippen LogP contribution is -2.28. The summed E-state index contributed by atoms with van der Waals surface area (Å²) in [5.74, 6) is 1.33. The van der Waals surface area contributed by atoms with Crippen LogP contribution in [0.2, 0.25) is 0 Å². The van der Waals surface area contributed by atoms with Crippen LogP contribution in [0.15, 0.2) is 30.3 Å². The molecule has 2 heteroatoms. The predicted octanol–water partition coefficient (Wildman–Crippen LogP) is 4.75. The molecule has 1 aromatic carbocycles. The second-order valence-corrected chi connectivity index (χ2v) is 6.63. The fraction of sp³-hybridized carbons (Fsp3) is 0.647. The van der Waals surface area contributed by atoms with Gasteiger partial charge in [0.2, 0.25) is 0 Å². The van der Waals surface area contributed by atoms with E-state index >= 15 is 0 Å². The number of rotatable bonds is 3. The Bertz CT molecular complexity index is 386. The molecular formula is C17H23ClO. The molecule has 2 fully saturated rings. The molecule has 0 bridgehead atoms. The highest BCUT2D eigenvalue weighted by Gasteiger charge is 2.32. The molecule has 1 aliphatic carbocycles. The standard InChI is InChI=1S/C17H23ClO/c18-17-9-8-14(13-5-2-1-3-6-13)11-15(17)12-16-7-4-10-19-16/h1-3,5-6,14-17H,4,7-12H2. The number of benzene rings is 1. The highest BCUT2D eigenvalue weighted by molar-refractivity contribution is 6.20. The first-order valence-electron chi connectivity index (χ1n) is 7.63. The Morgan fingerprint density at radius 2 is 1.95 bits per heavy atom. The van der Waals surface area contributed by atoms with Crippen molar-refractivity contribution in [2.24, 2.45) is 5.92 Å². The van der Waals surface area contributed by atoms with Gasteiger partial charge in [-0.1, -0.05) is 30.3 Å². The number of halogens is 1. The Kier molecular flexibility index (Phi) is 4.45. The molecule has 19 heavy (non-hydrogen) atoms. The zero-order chi connectivity index (χ0) is 13.1. The Balaban J connectivity index is 1.63. The maximum absolute atomic E-state index is 6.56. The Morgan fingerprint density at radius 3 is 2.68 bits per heavy atom. The van der Waals surface area contributed by atoms with Crippen molar-refractivity contribution in [3.8, 4) is 0 Å². The summed E-state index contributed by atoms with van der Waals surface area (Å²) in [6, 6.07) is 10.9. The molecule has 1 saturated heterocycles. The van der Waals surface area contributed by atoms with Gasteiger partial charge in [-0.15, -0.1) is 11.6 Å². The lowest BCUT2D eigenvalue weighted by atomic mass is 9.75. The zero-order valence-electron chi connectivity index (χ0n) is 11.4. The summed E-state index contributed by atoms with van der Waals surface area (Å²) in [5, 5.41) is 0.351. The van der Waals surface area contributed by atoms with E-state index in [0.717, 1.165) is 19.4 Å². The van der Waals surface area contributed by atoms with Gasteiger partial charge in [0.25, 0.3) is 0 Å². The van der Waals surface area contributed by atoms with Crippen molar-refractivity contribution < 1.29 is 4.74 Å². The second kappa shape index (κ2) is 6.28. The SMILES string of the molecule is ClC1CCC(c2ccccc2)CC1CC1CCCO1. The molecule has 2 aliphatic rings. The number of alkyl halides is 1. The van der Waals surface area contributed by atoms with Crippen LogP contribution in [0.3, 0.4) is 0 Å². The van der Waals surface area contributed by atoms with Crippen LogP contribution >= 0.6 is 11.6 Å². The van der Waals surface area contributed by atoms with Gasteiger partial charge in [0.05, 0.1) is 6.10 Å². The van der Waals surface area contributed by atoms with Gasteiger partial charge in [0.15, 0.2) is 0 Å². The van der Waals surface area contributed by atoms with E-state index in [2.05, 4.69) is 30.3 Å². The Morgan fingerprint density at radius 1 is 1.11 bits per heavy atom. The van der Waals surface area contributed by atoms with E-state index in [9.17, 15) is 0 Å². The van der Waals surface area contributed by atoms with Gasteiger partial charge < -0.3 is 4.74 Å². The molecule has 1 aromatic rings. The van der Waals surface area contributed by atoms with E-state index in [1.54, 1.807) is 0 Å². The number of hydrogen-bond acceptors (Lipinski definition) is 1. The number of ether oxygens (including phenoxy) is 1. The molecule has 3 rings (SSSR count). The van der Waals surface area contributed by atoms with E-state index in [4.69, 9.17) is 16.3 Å². The van der Waals surface area contributed by atoms with Gasteiger partial charge in [-0.2, -0.15) is 0 Å². The minimum atomic E-state index is 0.351. The highest BCUT2D eigenvalue weighted by Crippen LogP contribution is 2.41. The fourth-order valence-corrected chi connectivity index (χ4v) is 4.00. The van der Waals surface area contributed by atoms with Crippen molar-refractivity contribution in [1.29, 1.82) is 0 Å². The van der Waals surface area contributed by atoms with Crippen molar-refractivity contribution in [2.75, 3.05) is 6.61 Å². The van der Waals surface area contributed by atoms with Gasteiger partial charge in [-0.3, -0.25) is 0 Å². The van der Waals surface area contributed by atoms with Crippen molar-refractivity contribution in [3.05, 3.63) is 35.9 Å². The monoisotopic (exact) mass is 278 g/mol. The average Bonchev–Trinajstić information content (AvgIpc) is 2.95. The van der Waals surface area contributed by atoms with E-state index in [1.807, 2.05) is 0 Å². The number of hydrogen-bond donors (Lipinski definition) is 0. The van der Waals surface area contributed by atoms with E-state index in [0.29, 0.717) is 23.3 Å². The van der Waals surface area contributed by atoms with Crippen LogP contribution in [0, 0.1) is 5.92 Å². The van der Waals surface area contributed by atoms with Crippen molar-refractivity contribution in [1.82, 2.24) is 0 Å². The van der Waals surface area contributed by atoms with Gasteiger partial charge in [-0.05, 0) is 55.9 Å². The summed E-state index contributed by atoms with van der Waals surface area (Å²) in [5.41, 5.74) is 1.49. The summed E-state index contributed by atoms with van der Waals surface area (Å²) in [6.45, 7) is 0.951. The third-order valence-corrected chi connectivity index (χ3v) is 5.32. The molecule has 0 N–H and O–H groups in total. The first kappa shape index (κ1) is 13.5. The lowest BCUT2D eigenvalue weighted by Gasteiger charge is -2.34. The zero-order valence-corrected chi connectivity index (χ0v) is 12.2. The summed E-state index contributed by atoms with van der Waals surface area (Å²) in [7, 11) is 0. The van der Waals surface area contributed by atoms with Crippen LogP contribution in [-0.4, -0.2) is 18.1 Å². The van der Waals surface area contributed by atoms with Gasteiger partial charge in [-0.25, -0.2) is 0 Å². The third-order valence-electron chi connectivity index (χ3n) is 4.75. The molecular weight excluding hydrogens is 256 g/mol. The summed E-state index contributed by atoms with van der Waals surface area (Å²) < 4.78 is 5.79. The van der Waals surface area contributed by atoms with Gasteiger partial charge in [0.1, 0.15) is 0 Å². The van der Waals surface area contributed by atoms with Crippen LogP contribution in [0.25, 0.3) is 0 Å². The quantitative estimate of drug-likeness (QED) is 0.725. The van der Waals surface area contributed by atoms with Crippen molar-refractivity contribution >= 4 is 11.6 Å². The summed E-state index contributed by atoms with van der Waals surface area (Å²) >= 11 is 6.56. The fourth-order valence-electron chi connectivity index (χ4n) is 3.67. The van der Waals surface area contributed by atoms with Crippen molar-refractivity contribution in [2.45, 2.75) is 55.9 Å². The molecule has 4 unspecified atom stereocenters. The smallest absolute Gasteiger partial charge is 0.0579 e. The third kappa shape index (κ3) is 3.32. The highest BCUT2D eigenvalue weighted by atomic mass is 35.5. The first-order chi connectivity index (χ1) is 9.33. The van der Waals surface area contributed by atoms with E-state index in [1.165, 1.54) is 31.2 Å². The topological polar surface area (TPSA) is 9.23 Å². The maximum Gasteiger partial charge on any atom is 0.0579 e. The largest absolute Gasteiger partial charge is 0.378 e. The van der Waals surface area contributed by atoms with Gasteiger partial charge in [0, 0.05) is 12.0 Å². The molecule has 0 amide bonds. The molecule has 0 spiro atoms. The second-order valence-electron chi connectivity index (χ2n) is 6.07. The van der Waals surface area contributed by atoms with Crippen LogP contribution in [0.1, 0.15) is 50.0 Å². The Labute approximate surface area is 121 Å². The molecule has 0 aromatic heterocycles. The molecule has 4 atom stereocenters. The normalized spacial score (nSPS) is 35.4. The first-order valence-corrected chi connectivity index (χ1v) is 8.07. The predicted molar refractivity (Wildman–Crippen MR) is 79.8 cm³/mol. The lowest BCUT2D eigenvalue weighted by molar-refractivity contribution is 0.0821. The summed E-state index contributed by atoms with van der Waals surface area (Å²) in [4.78, 5) is 0. The average molecular weight is 279 g/mol. The van der Waals surface area contributed by atoms with Crippen molar-refractivity contribution in [3.63, 3.8) is 0 Å². The van der Waals surface area contributed by atoms with E-state index in [-0.39, 0.29) is 0 Å². The van der Waals surface area contributed by atoms with Gasteiger partial charge >= 0.3 is 0 Å². The molecule has 1 heterocycles. The molecule has 1 saturated carbocycles. The van der Waals surface area contributed by atoms with Crippen LogP contribution in [-0.2, 0) is 4.74 Å². The molecule has 1 nitrogen and oxygen atoms in total. The Hall–Kier alpha value is -0.530. The molecule has 104 valence electrons. The van der Waals surface area contributed by atoms with Crippen LogP contribution in [0.4, 0.5) is 0 Å². The molecule has 1 aliphatic heterocycles. The minimum absolute atomic E-state index is 0.351. The molecule has 0 radical (unpaired) electrons. The maximum atomic E-state index is 6.56. The van der Waals surface area contributed by atoms with Crippen LogP contribution in [0.5, 0.6) is 0 Å². The minimum Gasteiger partial charge on any atom is -0.378 e. The van der Waals surface area contributed by atoms with Crippen LogP contribution < -0.4 is 0 Å².